The van der Waals surface area contributed by atoms with Gasteiger partial charge < -0.3 is 14.4 Å². The van der Waals surface area contributed by atoms with Gasteiger partial charge >= 0.3 is 5.97 Å². The summed E-state index contributed by atoms with van der Waals surface area (Å²) in [5, 5.41) is 8.89. The summed E-state index contributed by atoms with van der Waals surface area (Å²) in [6, 6.07) is 14.9. The third kappa shape index (κ3) is 6.13. The first-order chi connectivity index (χ1) is 13.4. The number of ether oxygens (including phenoxy) is 2. The first-order valence-corrected chi connectivity index (χ1v) is 8.97. The number of nitrogens with zero attached hydrogens (tertiary/aromatic N) is 2. The Hall–Kier alpha value is -3.33. The van der Waals surface area contributed by atoms with Gasteiger partial charge in [0.05, 0.1) is 26.0 Å². The van der Waals surface area contributed by atoms with Gasteiger partial charge in [0, 0.05) is 12.2 Å². The molecule has 2 aromatic rings. The van der Waals surface area contributed by atoms with Crippen molar-refractivity contribution in [2.45, 2.75) is 26.7 Å². The monoisotopic (exact) mass is 380 g/mol. The molecule has 0 saturated heterocycles. The fraction of sp³-hybridized carbons (Fsp3) is 0.318. The molecule has 0 fully saturated rings. The predicted molar refractivity (Wildman–Crippen MR) is 106 cm³/mol. The molecule has 0 aromatic heterocycles. The van der Waals surface area contributed by atoms with E-state index in [0.29, 0.717) is 11.4 Å². The van der Waals surface area contributed by atoms with Crippen molar-refractivity contribution < 1.29 is 19.1 Å². The number of methoxy groups -OCH3 is 1. The summed E-state index contributed by atoms with van der Waals surface area (Å²) in [6.07, 6.45) is 0.261. The summed E-state index contributed by atoms with van der Waals surface area (Å²) in [5.41, 5.74) is 3.50. The molecule has 2 aromatic carbocycles. The molecule has 0 radical (unpaired) electrons. The molecule has 6 heteroatoms. The maximum absolute atomic E-state index is 12.6. The molecule has 0 aliphatic rings. The summed E-state index contributed by atoms with van der Waals surface area (Å²) in [4.78, 5) is 26.2. The lowest BCUT2D eigenvalue weighted by Gasteiger charge is -2.22. The Morgan fingerprint density at radius 2 is 1.71 bits per heavy atom. The third-order valence-electron chi connectivity index (χ3n) is 4.13. The summed E-state index contributed by atoms with van der Waals surface area (Å²) >= 11 is 0. The normalized spacial score (nSPS) is 10.1. The van der Waals surface area contributed by atoms with Crippen LogP contribution in [0.5, 0.6) is 5.75 Å². The number of hydrogen-bond acceptors (Lipinski definition) is 5. The molecule has 0 N–H and O–H groups in total. The lowest BCUT2D eigenvalue weighted by Crippen LogP contribution is -2.35. The standard InChI is InChI=1S/C22H24N2O4/c1-16-11-17(2)13-19(12-16)24(10-4-9-23)21(25)15-28-22(26)14-18-5-7-20(27-3)8-6-18/h5-8,11-13H,4,10,14-15H2,1-3H3. The number of rotatable bonds is 8. The number of benzene rings is 2. The molecule has 28 heavy (non-hydrogen) atoms. The maximum atomic E-state index is 12.6. The van der Waals surface area contributed by atoms with Crippen LogP contribution in [0.25, 0.3) is 0 Å². The van der Waals surface area contributed by atoms with Gasteiger partial charge in [-0.2, -0.15) is 5.26 Å². The molecule has 2 rings (SSSR count). The van der Waals surface area contributed by atoms with Crippen molar-refractivity contribution in [2.75, 3.05) is 25.2 Å². The molecule has 6 nitrogen and oxygen atoms in total. The second-order valence-electron chi connectivity index (χ2n) is 6.48. The van der Waals surface area contributed by atoms with Crippen LogP contribution >= 0.6 is 0 Å². The van der Waals surface area contributed by atoms with E-state index in [-0.39, 0.29) is 31.9 Å². The van der Waals surface area contributed by atoms with Crippen LogP contribution in [-0.4, -0.2) is 32.1 Å². The largest absolute Gasteiger partial charge is 0.497 e. The highest BCUT2D eigenvalue weighted by Crippen LogP contribution is 2.19. The quantitative estimate of drug-likeness (QED) is 0.656. The van der Waals surface area contributed by atoms with Crippen molar-refractivity contribution in [3.05, 3.63) is 59.2 Å². The summed E-state index contributed by atoms with van der Waals surface area (Å²) in [7, 11) is 1.57. The number of aryl methyl sites for hydroxylation is 2. The molecule has 0 bridgehead atoms. The van der Waals surface area contributed by atoms with Gasteiger partial charge in [-0.15, -0.1) is 0 Å². The predicted octanol–water partition coefficient (Wildman–Crippen LogP) is 3.34. The van der Waals surface area contributed by atoms with Crippen LogP contribution in [0.2, 0.25) is 0 Å². The van der Waals surface area contributed by atoms with Crippen molar-refractivity contribution in [1.29, 1.82) is 5.26 Å². The van der Waals surface area contributed by atoms with E-state index in [1.165, 1.54) is 4.90 Å². The summed E-state index contributed by atoms with van der Waals surface area (Å²) < 4.78 is 10.2. The SMILES string of the molecule is COc1ccc(CC(=O)OCC(=O)N(CCC#N)c2cc(C)cc(C)c2)cc1. The van der Waals surface area contributed by atoms with Gasteiger partial charge in [0.1, 0.15) is 5.75 Å². The Balaban J connectivity index is 2.00. The van der Waals surface area contributed by atoms with E-state index >= 15 is 0 Å². The van der Waals surface area contributed by atoms with E-state index < -0.39 is 5.97 Å². The highest BCUT2D eigenvalue weighted by molar-refractivity contribution is 5.95. The summed E-state index contributed by atoms with van der Waals surface area (Å²) in [6.45, 7) is 3.76. The Morgan fingerprint density at radius 1 is 1.07 bits per heavy atom. The van der Waals surface area contributed by atoms with E-state index in [2.05, 4.69) is 0 Å². The van der Waals surface area contributed by atoms with Crippen LogP contribution in [0.1, 0.15) is 23.1 Å². The molecule has 0 atom stereocenters. The first kappa shape index (κ1) is 21.0. The van der Waals surface area contributed by atoms with Gasteiger partial charge in [-0.05, 0) is 54.8 Å². The topological polar surface area (TPSA) is 79.6 Å². The lowest BCUT2D eigenvalue weighted by atomic mass is 10.1. The van der Waals surface area contributed by atoms with Crippen molar-refractivity contribution >= 4 is 17.6 Å². The first-order valence-electron chi connectivity index (χ1n) is 8.97. The number of nitriles is 1. The number of amides is 1. The smallest absolute Gasteiger partial charge is 0.310 e. The van der Waals surface area contributed by atoms with Gasteiger partial charge in [-0.25, -0.2) is 0 Å². The lowest BCUT2D eigenvalue weighted by molar-refractivity contribution is -0.147. The molecule has 0 spiro atoms. The van der Waals surface area contributed by atoms with Gasteiger partial charge in [0.15, 0.2) is 6.61 Å². The van der Waals surface area contributed by atoms with Gasteiger partial charge in [0.2, 0.25) is 0 Å². The third-order valence-corrected chi connectivity index (χ3v) is 4.13. The highest BCUT2D eigenvalue weighted by Gasteiger charge is 2.18. The van der Waals surface area contributed by atoms with Crippen LogP contribution in [0.3, 0.4) is 0 Å². The van der Waals surface area contributed by atoms with Crippen LogP contribution in [0, 0.1) is 25.2 Å². The molecule has 1 amide bonds. The van der Waals surface area contributed by atoms with E-state index in [1.54, 1.807) is 31.4 Å². The van der Waals surface area contributed by atoms with E-state index in [4.69, 9.17) is 14.7 Å². The number of anilines is 1. The van der Waals surface area contributed by atoms with Crippen LogP contribution in [-0.2, 0) is 20.7 Å². The molecule has 0 aliphatic carbocycles. The molecule has 0 saturated carbocycles. The van der Waals surface area contributed by atoms with Crippen LogP contribution in [0.4, 0.5) is 5.69 Å². The zero-order valence-corrected chi connectivity index (χ0v) is 16.4. The second kappa shape index (κ2) is 10.1. The molecular weight excluding hydrogens is 356 g/mol. The van der Waals surface area contributed by atoms with E-state index in [1.807, 2.05) is 38.1 Å². The van der Waals surface area contributed by atoms with E-state index in [0.717, 1.165) is 16.7 Å². The second-order valence-corrected chi connectivity index (χ2v) is 6.48. The van der Waals surface area contributed by atoms with Gasteiger partial charge in [0.25, 0.3) is 5.91 Å². The van der Waals surface area contributed by atoms with Crippen LogP contribution in [0.15, 0.2) is 42.5 Å². The minimum absolute atomic E-state index is 0.0685. The number of esters is 1. The Labute approximate surface area is 165 Å². The molecule has 146 valence electrons. The van der Waals surface area contributed by atoms with Crippen molar-refractivity contribution in [3.8, 4) is 11.8 Å². The van der Waals surface area contributed by atoms with Crippen molar-refractivity contribution in [3.63, 3.8) is 0 Å². The zero-order valence-electron chi connectivity index (χ0n) is 16.4. The van der Waals surface area contributed by atoms with Crippen molar-refractivity contribution in [2.24, 2.45) is 0 Å². The molecule has 0 heterocycles. The minimum Gasteiger partial charge on any atom is -0.497 e. The number of carbonyl (C=O) groups is 2. The molecular formula is C22H24N2O4. The van der Waals surface area contributed by atoms with E-state index in [9.17, 15) is 9.59 Å². The summed E-state index contributed by atoms with van der Waals surface area (Å²) in [5.74, 6) is -0.142. The average molecular weight is 380 g/mol. The fourth-order valence-electron chi connectivity index (χ4n) is 2.85. The zero-order chi connectivity index (χ0) is 20.5. The van der Waals surface area contributed by atoms with Gasteiger partial charge in [-0.1, -0.05) is 18.2 Å². The number of hydrogen-bond donors (Lipinski definition) is 0. The van der Waals surface area contributed by atoms with Gasteiger partial charge in [-0.3, -0.25) is 9.59 Å². The average Bonchev–Trinajstić information content (AvgIpc) is 2.66. The Morgan fingerprint density at radius 3 is 2.29 bits per heavy atom. The van der Waals surface area contributed by atoms with Crippen molar-refractivity contribution in [1.82, 2.24) is 0 Å². The minimum atomic E-state index is -0.487. The Bertz CT molecular complexity index is 849. The Kier molecular flexibility index (Phi) is 7.58. The maximum Gasteiger partial charge on any atom is 0.310 e. The number of carbonyl (C=O) groups excluding carboxylic acids is 2. The molecule has 0 unspecified atom stereocenters. The fourth-order valence-corrected chi connectivity index (χ4v) is 2.85. The highest BCUT2D eigenvalue weighted by atomic mass is 16.5. The van der Waals surface area contributed by atoms with Crippen LogP contribution < -0.4 is 9.64 Å². The molecule has 0 aliphatic heterocycles.